The highest BCUT2D eigenvalue weighted by Gasteiger charge is 2.01. The van der Waals surface area contributed by atoms with Gasteiger partial charge >= 0.3 is 0 Å². The molecule has 0 aliphatic heterocycles. The number of alkyl halides is 1. The minimum atomic E-state index is 0.684. The van der Waals surface area contributed by atoms with E-state index in [0.29, 0.717) is 5.88 Å². The number of benzene rings is 1. The molecule has 0 unspecified atom stereocenters. The molecular formula is C13H17ClO. The summed E-state index contributed by atoms with van der Waals surface area (Å²) in [4.78, 5) is 0. The molecule has 15 heavy (non-hydrogen) atoms. The SMILES string of the molecule is COc1ccccc1CC(C)=CCCCl. The molecule has 2 heteroatoms. The molecule has 0 radical (unpaired) electrons. The molecule has 0 spiro atoms. The number of methoxy groups -OCH3 is 1. The van der Waals surface area contributed by atoms with Crippen molar-refractivity contribution in [2.24, 2.45) is 0 Å². The van der Waals surface area contributed by atoms with Crippen molar-refractivity contribution >= 4 is 11.6 Å². The van der Waals surface area contributed by atoms with Gasteiger partial charge in [-0.25, -0.2) is 0 Å². The Balaban J connectivity index is 2.71. The van der Waals surface area contributed by atoms with Crippen LogP contribution in [0.5, 0.6) is 5.75 Å². The van der Waals surface area contributed by atoms with Crippen molar-refractivity contribution in [1.29, 1.82) is 0 Å². The van der Waals surface area contributed by atoms with E-state index in [9.17, 15) is 0 Å². The van der Waals surface area contributed by atoms with Crippen molar-refractivity contribution in [2.45, 2.75) is 19.8 Å². The summed E-state index contributed by atoms with van der Waals surface area (Å²) < 4.78 is 5.30. The van der Waals surface area contributed by atoms with Crippen molar-refractivity contribution in [2.75, 3.05) is 13.0 Å². The van der Waals surface area contributed by atoms with Crippen LogP contribution >= 0.6 is 11.6 Å². The van der Waals surface area contributed by atoms with Gasteiger partial charge in [-0.05, 0) is 31.4 Å². The fourth-order valence-corrected chi connectivity index (χ4v) is 1.63. The normalized spacial score (nSPS) is 11.5. The molecular weight excluding hydrogens is 208 g/mol. The lowest BCUT2D eigenvalue weighted by molar-refractivity contribution is 0.410. The lowest BCUT2D eigenvalue weighted by atomic mass is 10.0. The Morgan fingerprint density at radius 3 is 2.80 bits per heavy atom. The molecule has 1 nitrogen and oxygen atoms in total. The maximum Gasteiger partial charge on any atom is 0.122 e. The molecule has 1 aromatic rings. The molecule has 0 aliphatic rings. The Morgan fingerprint density at radius 2 is 2.13 bits per heavy atom. The Kier molecular flexibility index (Phi) is 5.27. The number of rotatable bonds is 5. The van der Waals surface area contributed by atoms with E-state index < -0.39 is 0 Å². The average molecular weight is 225 g/mol. The van der Waals surface area contributed by atoms with Gasteiger partial charge < -0.3 is 4.74 Å². The summed E-state index contributed by atoms with van der Waals surface area (Å²) in [7, 11) is 1.71. The molecule has 0 saturated heterocycles. The van der Waals surface area contributed by atoms with Crippen molar-refractivity contribution in [3.63, 3.8) is 0 Å². The van der Waals surface area contributed by atoms with E-state index >= 15 is 0 Å². The van der Waals surface area contributed by atoms with Gasteiger partial charge in [0.2, 0.25) is 0 Å². The monoisotopic (exact) mass is 224 g/mol. The molecule has 0 atom stereocenters. The summed E-state index contributed by atoms with van der Waals surface area (Å²) in [6, 6.07) is 8.11. The maximum absolute atomic E-state index is 5.64. The third-order valence-electron chi connectivity index (χ3n) is 2.26. The zero-order valence-corrected chi connectivity index (χ0v) is 10.1. The van der Waals surface area contributed by atoms with Crippen LogP contribution in [0.25, 0.3) is 0 Å². The third-order valence-corrected chi connectivity index (χ3v) is 2.48. The smallest absolute Gasteiger partial charge is 0.122 e. The number of para-hydroxylation sites is 1. The van der Waals surface area contributed by atoms with Crippen LogP contribution in [0.2, 0.25) is 0 Å². The summed E-state index contributed by atoms with van der Waals surface area (Å²) in [6.45, 7) is 2.12. The molecule has 0 aliphatic carbocycles. The Bertz CT molecular complexity index is 331. The average Bonchev–Trinajstić information content (AvgIpc) is 2.27. The van der Waals surface area contributed by atoms with Gasteiger partial charge in [-0.3, -0.25) is 0 Å². The van der Waals surface area contributed by atoms with E-state index in [4.69, 9.17) is 16.3 Å². The van der Waals surface area contributed by atoms with Gasteiger partial charge in [0, 0.05) is 5.88 Å². The van der Waals surface area contributed by atoms with Gasteiger partial charge in [0.25, 0.3) is 0 Å². The number of halogens is 1. The van der Waals surface area contributed by atoms with E-state index in [1.807, 2.05) is 18.2 Å². The molecule has 0 saturated carbocycles. The van der Waals surface area contributed by atoms with E-state index in [1.165, 1.54) is 11.1 Å². The summed E-state index contributed by atoms with van der Waals surface area (Å²) in [5, 5.41) is 0. The van der Waals surface area contributed by atoms with Crippen molar-refractivity contribution < 1.29 is 4.74 Å². The molecule has 1 rings (SSSR count). The standard InChI is InChI=1S/C13H17ClO/c1-11(6-5-9-14)10-12-7-3-4-8-13(12)15-2/h3-4,6-8H,5,9-10H2,1-2H3. The number of hydrogen-bond donors (Lipinski definition) is 0. The quantitative estimate of drug-likeness (QED) is 0.546. The second kappa shape index (κ2) is 6.52. The number of hydrogen-bond acceptors (Lipinski definition) is 1. The molecule has 0 N–H and O–H groups in total. The third kappa shape index (κ3) is 3.96. The van der Waals surface area contributed by atoms with Gasteiger partial charge in [-0.2, -0.15) is 0 Å². The molecule has 0 bridgehead atoms. The van der Waals surface area contributed by atoms with Crippen LogP contribution in [0.4, 0.5) is 0 Å². The second-order valence-corrected chi connectivity index (χ2v) is 3.89. The van der Waals surface area contributed by atoms with Gasteiger partial charge in [-0.15, -0.1) is 11.6 Å². The Morgan fingerprint density at radius 1 is 1.40 bits per heavy atom. The predicted molar refractivity (Wildman–Crippen MR) is 65.8 cm³/mol. The molecule has 82 valence electrons. The second-order valence-electron chi connectivity index (χ2n) is 3.52. The first-order chi connectivity index (χ1) is 7.27. The van der Waals surface area contributed by atoms with Crippen LogP contribution in [-0.4, -0.2) is 13.0 Å². The first-order valence-corrected chi connectivity index (χ1v) is 5.65. The highest BCUT2D eigenvalue weighted by molar-refractivity contribution is 6.17. The predicted octanol–water partition coefficient (Wildman–Crippen LogP) is 3.81. The molecule has 0 aromatic heterocycles. The molecule has 0 fully saturated rings. The highest BCUT2D eigenvalue weighted by atomic mass is 35.5. The maximum atomic E-state index is 5.64. The van der Waals surface area contributed by atoms with Crippen LogP contribution in [-0.2, 0) is 6.42 Å². The first-order valence-electron chi connectivity index (χ1n) is 5.11. The van der Waals surface area contributed by atoms with Crippen LogP contribution in [0.15, 0.2) is 35.9 Å². The van der Waals surface area contributed by atoms with Crippen molar-refractivity contribution in [1.82, 2.24) is 0 Å². The van der Waals surface area contributed by atoms with Gasteiger partial charge in [0.15, 0.2) is 0 Å². The number of ether oxygens (including phenoxy) is 1. The molecule has 1 aromatic carbocycles. The molecule has 0 amide bonds. The summed E-state index contributed by atoms with van der Waals surface area (Å²) in [5.74, 6) is 1.64. The van der Waals surface area contributed by atoms with E-state index in [-0.39, 0.29) is 0 Å². The summed E-state index contributed by atoms with van der Waals surface area (Å²) >= 11 is 5.64. The lowest BCUT2D eigenvalue weighted by Gasteiger charge is -2.08. The zero-order valence-electron chi connectivity index (χ0n) is 9.29. The van der Waals surface area contributed by atoms with Crippen molar-refractivity contribution in [3.05, 3.63) is 41.5 Å². The van der Waals surface area contributed by atoms with Crippen molar-refractivity contribution in [3.8, 4) is 5.75 Å². The zero-order chi connectivity index (χ0) is 11.1. The van der Waals surface area contributed by atoms with Gasteiger partial charge in [-0.1, -0.05) is 29.8 Å². The van der Waals surface area contributed by atoms with Crippen LogP contribution in [0.1, 0.15) is 18.9 Å². The van der Waals surface area contributed by atoms with Crippen LogP contribution in [0.3, 0.4) is 0 Å². The summed E-state index contributed by atoms with van der Waals surface area (Å²) in [5.41, 5.74) is 2.56. The topological polar surface area (TPSA) is 9.23 Å². The highest BCUT2D eigenvalue weighted by Crippen LogP contribution is 2.20. The summed E-state index contributed by atoms with van der Waals surface area (Å²) in [6.07, 6.45) is 4.04. The minimum Gasteiger partial charge on any atom is -0.496 e. The first kappa shape index (κ1) is 12.1. The largest absolute Gasteiger partial charge is 0.496 e. The fourth-order valence-electron chi connectivity index (χ4n) is 1.52. The van der Waals surface area contributed by atoms with Gasteiger partial charge in [0.1, 0.15) is 5.75 Å². The Hall–Kier alpha value is -0.950. The van der Waals surface area contributed by atoms with E-state index in [0.717, 1.165) is 18.6 Å². The molecule has 0 heterocycles. The van der Waals surface area contributed by atoms with Crippen LogP contribution in [0, 0.1) is 0 Å². The van der Waals surface area contributed by atoms with E-state index in [1.54, 1.807) is 7.11 Å². The number of allylic oxidation sites excluding steroid dienone is 2. The van der Waals surface area contributed by atoms with E-state index in [2.05, 4.69) is 19.1 Å². The minimum absolute atomic E-state index is 0.684. The lowest BCUT2D eigenvalue weighted by Crippen LogP contribution is -1.93. The fraction of sp³-hybridized carbons (Fsp3) is 0.385. The van der Waals surface area contributed by atoms with Crippen LogP contribution < -0.4 is 4.74 Å². The van der Waals surface area contributed by atoms with Gasteiger partial charge in [0.05, 0.1) is 7.11 Å². The Labute approximate surface area is 96.7 Å².